The minimum absolute atomic E-state index is 0.267. The van der Waals surface area contributed by atoms with Gasteiger partial charge in [0.25, 0.3) is 0 Å². The molecule has 17 heavy (non-hydrogen) atoms. The fraction of sp³-hybridized carbons (Fsp3) is 0. The summed E-state index contributed by atoms with van der Waals surface area (Å²) in [6, 6.07) is 11.6. The molecular formula is C12H8FN3O. The number of benzene rings is 2. The number of hydrogen-bond acceptors (Lipinski definition) is 4. The van der Waals surface area contributed by atoms with Crippen LogP contribution in [-0.4, -0.2) is 10.3 Å². The Bertz CT molecular complexity index is 648. The molecule has 0 amide bonds. The fourth-order valence-corrected chi connectivity index (χ4v) is 1.60. The van der Waals surface area contributed by atoms with Crippen molar-refractivity contribution in [3.8, 4) is 0 Å². The topological polar surface area (TPSA) is 51.0 Å². The molecule has 0 bridgehead atoms. The summed E-state index contributed by atoms with van der Waals surface area (Å²) in [4.78, 5) is 0. The molecule has 0 radical (unpaired) electrons. The standard InChI is InChI=1S/C12H8FN3O/c13-8-4-6-9(7-5-8)14-10-2-1-3-11-12(10)16-17-15-11/h1-7,14H. The summed E-state index contributed by atoms with van der Waals surface area (Å²) >= 11 is 0. The van der Waals surface area contributed by atoms with Gasteiger partial charge in [-0.05, 0) is 46.7 Å². The van der Waals surface area contributed by atoms with Gasteiger partial charge < -0.3 is 5.32 Å². The van der Waals surface area contributed by atoms with Gasteiger partial charge in [-0.3, -0.25) is 0 Å². The Hall–Kier alpha value is -2.43. The van der Waals surface area contributed by atoms with E-state index in [0.29, 0.717) is 11.0 Å². The molecule has 0 saturated heterocycles. The first-order valence-corrected chi connectivity index (χ1v) is 5.07. The minimum atomic E-state index is -0.267. The first kappa shape index (κ1) is 9.77. The molecule has 3 aromatic rings. The van der Waals surface area contributed by atoms with Crippen LogP contribution in [0.5, 0.6) is 0 Å². The number of nitrogens with zero attached hydrogens (tertiary/aromatic N) is 2. The lowest BCUT2D eigenvalue weighted by molar-refractivity contribution is 0.315. The van der Waals surface area contributed by atoms with Crippen LogP contribution in [0, 0.1) is 5.82 Å². The highest BCUT2D eigenvalue weighted by Crippen LogP contribution is 2.23. The number of aromatic nitrogens is 2. The van der Waals surface area contributed by atoms with E-state index in [1.165, 1.54) is 12.1 Å². The summed E-state index contributed by atoms with van der Waals surface area (Å²) in [5.41, 5.74) is 2.88. The smallest absolute Gasteiger partial charge is 0.158 e. The van der Waals surface area contributed by atoms with Crippen LogP contribution in [0.1, 0.15) is 0 Å². The van der Waals surface area contributed by atoms with E-state index in [9.17, 15) is 4.39 Å². The van der Waals surface area contributed by atoms with E-state index in [-0.39, 0.29) is 5.82 Å². The molecule has 0 aliphatic heterocycles. The lowest BCUT2D eigenvalue weighted by Gasteiger charge is -2.05. The van der Waals surface area contributed by atoms with Crippen LogP contribution in [0.15, 0.2) is 47.1 Å². The third-order valence-corrected chi connectivity index (χ3v) is 2.41. The van der Waals surface area contributed by atoms with E-state index < -0.39 is 0 Å². The monoisotopic (exact) mass is 229 g/mol. The van der Waals surface area contributed by atoms with Gasteiger partial charge in [-0.15, -0.1) is 0 Å². The van der Waals surface area contributed by atoms with E-state index in [2.05, 4.69) is 20.3 Å². The predicted octanol–water partition coefficient (Wildman–Crippen LogP) is 3.11. The van der Waals surface area contributed by atoms with Crippen molar-refractivity contribution in [1.29, 1.82) is 0 Å². The van der Waals surface area contributed by atoms with Crippen LogP contribution in [0.3, 0.4) is 0 Å². The third-order valence-electron chi connectivity index (χ3n) is 2.41. The Morgan fingerprint density at radius 1 is 1.00 bits per heavy atom. The molecule has 0 unspecified atom stereocenters. The van der Waals surface area contributed by atoms with Crippen LogP contribution < -0.4 is 5.32 Å². The van der Waals surface area contributed by atoms with Crippen molar-refractivity contribution in [2.45, 2.75) is 0 Å². The second-order valence-electron chi connectivity index (χ2n) is 3.57. The van der Waals surface area contributed by atoms with Crippen molar-refractivity contribution >= 4 is 22.4 Å². The van der Waals surface area contributed by atoms with Crippen LogP contribution in [0.2, 0.25) is 0 Å². The number of hydrogen-bond donors (Lipinski definition) is 1. The Morgan fingerprint density at radius 2 is 1.82 bits per heavy atom. The fourth-order valence-electron chi connectivity index (χ4n) is 1.60. The highest BCUT2D eigenvalue weighted by Gasteiger charge is 2.05. The van der Waals surface area contributed by atoms with E-state index in [1.807, 2.05) is 18.2 Å². The Labute approximate surface area is 96.0 Å². The van der Waals surface area contributed by atoms with E-state index in [0.717, 1.165) is 11.4 Å². The van der Waals surface area contributed by atoms with Gasteiger partial charge in [0, 0.05) is 5.69 Å². The van der Waals surface area contributed by atoms with Crippen LogP contribution >= 0.6 is 0 Å². The predicted molar refractivity (Wildman–Crippen MR) is 61.5 cm³/mol. The molecule has 4 nitrogen and oxygen atoms in total. The lowest BCUT2D eigenvalue weighted by atomic mass is 10.2. The molecular weight excluding hydrogens is 221 g/mol. The average molecular weight is 229 g/mol. The molecule has 1 aromatic heterocycles. The average Bonchev–Trinajstić information content (AvgIpc) is 2.81. The van der Waals surface area contributed by atoms with Gasteiger partial charge in [-0.1, -0.05) is 6.07 Å². The molecule has 2 aromatic carbocycles. The molecule has 1 heterocycles. The Morgan fingerprint density at radius 3 is 2.65 bits per heavy atom. The van der Waals surface area contributed by atoms with Gasteiger partial charge in [0.1, 0.15) is 11.3 Å². The van der Waals surface area contributed by atoms with Crippen molar-refractivity contribution in [2.75, 3.05) is 5.32 Å². The third kappa shape index (κ3) is 1.82. The van der Waals surface area contributed by atoms with Gasteiger partial charge in [-0.25, -0.2) is 9.02 Å². The van der Waals surface area contributed by atoms with Crippen molar-refractivity contribution in [3.63, 3.8) is 0 Å². The highest BCUT2D eigenvalue weighted by molar-refractivity contribution is 5.88. The van der Waals surface area contributed by atoms with Crippen molar-refractivity contribution in [3.05, 3.63) is 48.3 Å². The van der Waals surface area contributed by atoms with Gasteiger partial charge >= 0.3 is 0 Å². The van der Waals surface area contributed by atoms with Crippen LogP contribution in [0.4, 0.5) is 15.8 Å². The molecule has 0 saturated carbocycles. The minimum Gasteiger partial charge on any atom is -0.354 e. The molecule has 0 atom stereocenters. The summed E-state index contributed by atoms with van der Waals surface area (Å²) in [5.74, 6) is -0.267. The number of rotatable bonds is 2. The first-order valence-electron chi connectivity index (χ1n) is 5.07. The number of anilines is 2. The zero-order chi connectivity index (χ0) is 11.7. The maximum atomic E-state index is 12.8. The summed E-state index contributed by atoms with van der Waals surface area (Å²) in [6.07, 6.45) is 0. The molecule has 0 fully saturated rings. The Balaban J connectivity index is 1.99. The summed E-state index contributed by atoms with van der Waals surface area (Å²) < 4.78 is 17.4. The molecule has 5 heteroatoms. The zero-order valence-electron chi connectivity index (χ0n) is 8.72. The van der Waals surface area contributed by atoms with Crippen LogP contribution in [-0.2, 0) is 0 Å². The summed E-state index contributed by atoms with van der Waals surface area (Å²) in [5, 5.41) is 10.7. The second-order valence-corrected chi connectivity index (χ2v) is 3.57. The summed E-state index contributed by atoms with van der Waals surface area (Å²) in [6.45, 7) is 0. The Kier molecular flexibility index (Phi) is 2.22. The van der Waals surface area contributed by atoms with Gasteiger partial charge in [-0.2, -0.15) is 0 Å². The summed E-state index contributed by atoms with van der Waals surface area (Å²) in [7, 11) is 0. The highest BCUT2D eigenvalue weighted by atomic mass is 19.1. The molecule has 0 aliphatic carbocycles. The van der Waals surface area contributed by atoms with Crippen molar-refractivity contribution in [2.24, 2.45) is 0 Å². The normalized spacial score (nSPS) is 10.6. The quantitative estimate of drug-likeness (QED) is 0.733. The second kappa shape index (κ2) is 3.86. The molecule has 1 N–H and O–H groups in total. The first-order chi connectivity index (χ1) is 8.33. The number of halogens is 1. The molecule has 84 valence electrons. The molecule has 0 aliphatic rings. The maximum Gasteiger partial charge on any atom is 0.158 e. The van der Waals surface area contributed by atoms with E-state index >= 15 is 0 Å². The van der Waals surface area contributed by atoms with Crippen LogP contribution in [0.25, 0.3) is 11.0 Å². The zero-order valence-corrected chi connectivity index (χ0v) is 8.72. The van der Waals surface area contributed by atoms with Gasteiger partial charge in [0.05, 0.1) is 5.69 Å². The van der Waals surface area contributed by atoms with Crippen molar-refractivity contribution < 1.29 is 9.02 Å². The molecule has 3 rings (SSSR count). The number of nitrogens with one attached hydrogen (secondary N) is 1. The van der Waals surface area contributed by atoms with E-state index in [1.54, 1.807) is 12.1 Å². The van der Waals surface area contributed by atoms with E-state index in [4.69, 9.17) is 0 Å². The maximum absolute atomic E-state index is 12.8. The number of fused-ring (bicyclic) bond motifs is 1. The largest absolute Gasteiger partial charge is 0.354 e. The van der Waals surface area contributed by atoms with Crippen molar-refractivity contribution in [1.82, 2.24) is 10.3 Å². The molecule has 0 spiro atoms. The van der Waals surface area contributed by atoms with Gasteiger partial charge in [0.15, 0.2) is 5.52 Å². The SMILES string of the molecule is Fc1ccc(Nc2cccc3nonc23)cc1. The lowest BCUT2D eigenvalue weighted by Crippen LogP contribution is -1.91. The van der Waals surface area contributed by atoms with Gasteiger partial charge in [0.2, 0.25) is 0 Å².